The van der Waals surface area contributed by atoms with Crippen molar-refractivity contribution < 1.29 is 18.7 Å². The van der Waals surface area contributed by atoms with Crippen LogP contribution in [-0.2, 0) is 9.53 Å². The number of benzene rings is 1. The van der Waals surface area contributed by atoms with Crippen molar-refractivity contribution >= 4 is 23.4 Å². The van der Waals surface area contributed by atoms with E-state index in [1.54, 1.807) is 4.90 Å². The topological polar surface area (TPSA) is 88.6 Å². The van der Waals surface area contributed by atoms with E-state index in [0.29, 0.717) is 19.7 Å². The fourth-order valence-corrected chi connectivity index (χ4v) is 3.69. The molecule has 0 bridgehead atoms. The van der Waals surface area contributed by atoms with Gasteiger partial charge in [-0.3, -0.25) is 4.79 Å². The first-order valence-corrected chi connectivity index (χ1v) is 10.4. The predicted octanol–water partition coefficient (Wildman–Crippen LogP) is 3.12. The number of likely N-dealkylation sites (tertiary alicyclic amines) is 1. The number of ether oxygens (including phenoxy) is 2. The van der Waals surface area contributed by atoms with E-state index >= 15 is 0 Å². The molecule has 4 rings (SSSR count). The lowest BCUT2D eigenvalue weighted by atomic mass is 10.1. The molecule has 2 aliphatic rings. The summed E-state index contributed by atoms with van der Waals surface area (Å²) in [7, 11) is 0. The monoisotopic (exact) mass is 427 g/mol. The third-order valence-corrected chi connectivity index (χ3v) is 5.29. The van der Waals surface area contributed by atoms with Crippen molar-refractivity contribution in [2.45, 2.75) is 31.4 Å². The van der Waals surface area contributed by atoms with Crippen LogP contribution < -0.4 is 15.4 Å². The molecule has 3 heterocycles. The second kappa shape index (κ2) is 9.74. The molecule has 1 unspecified atom stereocenters. The quantitative estimate of drug-likeness (QED) is 0.657. The minimum Gasteiger partial charge on any atom is -0.488 e. The normalized spacial score (nSPS) is 20.9. The predicted molar refractivity (Wildman–Crippen MR) is 115 cm³/mol. The number of anilines is 3. The van der Waals surface area contributed by atoms with Gasteiger partial charge in [0.25, 0.3) is 0 Å². The number of nitrogens with zero attached hydrogens (tertiary/aromatic N) is 3. The Morgan fingerprint density at radius 2 is 2.16 bits per heavy atom. The van der Waals surface area contributed by atoms with E-state index in [4.69, 9.17) is 9.47 Å². The van der Waals surface area contributed by atoms with Gasteiger partial charge in [-0.15, -0.1) is 0 Å². The number of carbonyl (C=O) groups is 1. The van der Waals surface area contributed by atoms with E-state index in [2.05, 4.69) is 27.2 Å². The molecule has 2 atom stereocenters. The number of nitrogens with one attached hydrogen (secondary N) is 2. The minimum absolute atomic E-state index is 0.0883. The molecule has 164 valence electrons. The van der Waals surface area contributed by atoms with Gasteiger partial charge in [-0.1, -0.05) is 6.58 Å². The van der Waals surface area contributed by atoms with Crippen LogP contribution in [0, 0.1) is 5.82 Å². The summed E-state index contributed by atoms with van der Waals surface area (Å²) in [6.07, 6.45) is 5.06. The first-order valence-electron chi connectivity index (χ1n) is 10.4. The minimum atomic E-state index is -0.541. The average molecular weight is 427 g/mol. The van der Waals surface area contributed by atoms with Crippen LogP contribution >= 0.6 is 0 Å². The highest BCUT2D eigenvalue weighted by Crippen LogP contribution is 2.23. The molecule has 0 aliphatic carbocycles. The van der Waals surface area contributed by atoms with Gasteiger partial charge in [-0.05, 0) is 43.2 Å². The molecule has 2 fully saturated rings. The van der Waals surface area contributed by atoms with Crippen molar-refractivity contribution in [3.63, 3.8) is 0 Å². The van der Waals surface area contributed by atoms with Crippen molar-refractivity contribution in [1.82, 2.24) is 14.9 Å². The van der Waals surface area contributed by atoms with Crippen molar-refractivity contribution in [3.8, 4) is 5.75 Å². The molecule has 0 saturated carbocycles. The molecule has 9 heteroatoms. The highest BCUT2D eigenvalue weighted by molar-refractivity contribution is 5.87. The van der Waals surface area contributed by atoms with Crippen LogP contribution in [0.1, 0.15) is 19.3 Å². The maximum Gasteiger partial charge on any atom is 0.246 e. The van der Waals surface area contributed by atoms with Crippen LogP contribution in [0.3, 0.4) is 0 Å². The Hall–Kier alpha value is -3.20. The molecule has 0 spiro atoms. The summed E-state index contributed by atoms with van der Waals surface area (Å²) in [5, 5.41) is 6.19. The zero-order valence-corrected chi connectivity index (χ0v) is 17.2. The number of piperidine rings is 1. The number of rotatable bonds is 7. The van der Waals surface area contributed by atoms with E-state index in [1.165, 1.54) is 6.08 Å². The van der Waals surface area contributed by atoms with Crippen LogP contribution in [-0.4, -0.2) is 59.2 Å². The van der Waals surface area contributed by atoms with E-state index in [0.717, 1.165) is 43.5 Å². The molecule has 0 radical (unpaired) electrons. The van der Waals surface area contributed by atoms with Crippen LogP contribution in [0.25, 0.3) is 0 Å². The molecule has 31 heavy (non-hydrogen) atoms. The van der Waals surface area contributed by atoms with Crippen LogP contribution in [0.2, 0.25) is 0 Å². The highest BCUT2D eigenvalue weighted by atomic mass is 19.1. The second-order valence-corrected chi connectivity index (χ2v) is 7.61. The lowest BCUT2D eigenvalue weighted by molar-refractivity contribution is -0.127. The Balaban J connectivity index is 1.38. The summed E-state index contributed by atoms with van der Waals surface area (Å²) in [5.74, 6) is 0.484. The number of carbonyl (C=O) groups excluding carboxylic acids is 1. The Labute approximate surface area is 180 Å². The molecule has 8 nitrogen and oxygen atoms in total. The lowest BCUT2D eigenvalue weighted by Crippen LogP contribution is -2.44. The molecule has 2 aromatic rings. The van der Waals surface area contributed by atoms with Gasteiger partial charge in [0, 0.05) is 31.2 Å². The van der Waals surface area contributed by atoms with E-state index in [1.807, 2.05) is 24.3 Å². The smallest absolute Gasteiger partial charge is 0.246 e. The molecule has 2 aliphatic heterocycles. The number of aromatic nitrogens is 2. The largest absolute Gasteiger partial charge is 0.488 e. The number of amides is 1. The Kier molecular flexibility index (Phi) is 6.61. The van der Waals surface area contributed by atoms with Crippen LogP contribution in [0.5, 0.6) is 5.75 Å². The zero-order valence-electron chi connectivity index (χ0n) is 17.2. The summed E-state index contributed by atoms with van der Waals surface area (Å²) in [6.45, 7) is 6.02. The Morgan fingerprint density at radius 3 is 2.90 bits per heavy atom. The van der Waals surface area contributed by atoms with Gasteiger partial charge in [0.2, 0.25) is 11.9 Å². The molecule has 2 saturated heterocycles. The zero-order chi connectivity index (χ0) is 21.6. The molecule has 1 amide bonds. The van der Waals surface area contributed by atoms with Crippen molar-refractivity contribution in [2.75, 3.05) is 36.9 Å². The summed E-state index contributed by atoms with van der Waals surface area (Å²) < 4.78 is 25.5. The Bertz CT molecular complexity index is 918. The molecular formula is C22H26FN5O3. The van der Waals surface area contributed by atoms with Gasteiger partial charge in [0.1, 0.15) is 11.9 Å². The highest BCUT2D eigenvalue weighted by Gasteiger charge is 2.23. The average Bonchev–Trinajstić information content (AvgIpc) is 3.30. The fourth-order valence-electron chi connectivity index (χ4n) is 3.69. The standard InChI is InChI=1S/C22H26FN5O3/c1-2-20(29)28-10-3-4-16(13-28)25-21-19(23)12-24-22(27-21)26-15-5-7-17(8-6-15)31-18-9-11-30-14-18/h2,5-8,12,16,18H,1,3-4,9-11,13-14H2,(H2,24,25,26,27)/t16?,18-/m1/s1. The SMILES string of the molecule is C=CC(=O)N1CCCC(Nc2nc(Nc3ccc(O[C@@H]4CCOC4)cc3)ncc2F)C1. The van der Waals surface area contributed by atoms with Gasteiger partial charge in [0.15, 0.2) is 11.6 Å². The van der Waals surface area contributed by atoms with Gasteiger partial charge < -0.3 is 25.0 Å². The van der Waals surface area contributed by atoms with E-state index in [9.17, 15) is 9.18 Å². The van der Waals surface area contributed by atoms with Crippen LogP contribution in [0.15, 0.2) is 43.1 Å². The van der Waals surface area contributed by atoms with Gasteiger partial charge in [-0.25, -0.2) is 9.37 Å². The summed E-state index contributed by atoms with van der Waals surface area (Å²) in [6, 6.07) is 7.33. The van der Waals surface area contributed by atoms with Gasteiger partial charge in [-0.2, -0.15) is 4.98 Å². The summed E-state index contributed by atoms with van der Waals surface area (Å²) in [5.41, 5.74) is 0.757. The lowest BCUT2D eigenvalue weighted by Gasteiger charge is -2.32. The summed E-state index contributed by atoms with van der Waals surface area (Å²) in [4.78, 5) is 21.9. The number of hydrogen-bond acceptors (Lipinski definition) is 7. The molecule has 2 N–H and O–H groups in total. The maximum absolute atomic E-state index is 14.3. The van der Waals surface area contributed by atoms with Crippen molar-refractivity contribution in [2.24, 2.45) is 0 Å². The second-order valence-electron chi connectivity index (χ2n) is 7.61. The van der Waals surface area contributed by atoms with E-state index < -0.39 is 5.82 Å². The number of hydrogen-bond donors (Lipinski definition) is 2. The van der Waals surface area contributed by atoms with Gasteiger partial charge >= 0.3 is 0 Å². The summed E-state index contributed by atoms with van der Waals surface area (Å²) >= 11 is 0. The third-order valence-electron chi connectivity index (χ3n) is 5.29. The van der Waals surface area contributed by atoms with Crippen molar-refractivity contribution in [3.05, 3.63) is 48.9 Å². The number of halogens is 1. The fraction of sp³-hybridized carbons (Fsp3) is 0.409. The molecular weight excluding hydrogens is 401 g/mol. The van der Waals surface area contributed by atoms with E-state index in [-0.39, 0.29) is 29.8 Å². The molecule has 1 aromatic carbocycles. The maximum atomic E-state index is 14.3. The first-order chi connectivity index (χ1) is 15.1. The van der Waals surface area contributed by atoms with Crippen LogP contribution in [0.4, 0.5) is 21.8 Å². The molecule has 1 aromatic heterocycles. The van der Waals surface area contributed by atoms with Crippen molar-refractivity contribution in [1.29, 1.82) is 0 Å². The van der Waals surface area contributed by atoms with Gasteiger partial charge in [0.05, 0.1) is 19.4 Å². The third kappa shape index (κ3) is 5.49. The first kappa shape index (κ1) is 21.0. The Morgan fingerprint density at radius 1 is 1.32 bits per heavy atom.